The molecule has 0 N–H and O–H groups in total. The summed E-state index contributed by atoms with van der Waals surface area (Å²) in [7, 11) is 0. The summed E-state index contributed by atoms with van der Waals surface area (Å²) in [5.74, 6) is 1.32. The number of hydrogen-bond donors (Lipinski definition) is 0. The van der Waals surface area contributed by atoms with Crippen molar-refractivity contribution < 1.29 is 0 Å². The van der Waals surface area contributed by atoms with Gasteiger partial charge in [0, 0.05) is 31.4 Å². The molecule has 0 nitrogen and oxygen atoms in total. The van der Waals surface area contributed by atoms with Crippen molar-refractivity contribution in [2.75, 3.05) is 0 Å². The van der Waals surface area contributed by atoms with Crippen LogP contribution in [0.5, 0.6) is 0 Å². The second kappa shape index (κ2) is 3.63. The van der Waals surface area contributed by atoms with Crippen LogP contribution in [0.15, 0.2) is 24.3 Å². The summed E-state index contributed by atoms with van der Waals surface area (Å²) >= 11 is 6.23. The molecule has 0 unspecified atom stereocenters. The Labute approximate surface area is 85.9 Å². The predicted molar refractivity (Wildman–Crippen MR) is 59.0 cm³/mol. The maximum absolute atomic E-state index is 6.23. The van der Waals surface area contributed by atoms with Gasteiger partial charge >= 0.3 is 0 Å². The number of alkyl halides is 1. The van der Waals surface area contributed by atoms with E-state index in [0.717, 1.165) is 0 Å². The van der Waals surface area contributed by atoms with Crippen LogP contribution in [-0.4, -0.2) is 0 Å². The molecule has 0 aliphatic carbocycles. The fourth-order valence-electron chi connectivity index (χ4n) is 1.20. The highest BCUT2D eigenvalue weighted by atomic mass is 35.5. The summed E-state index contributed by atoms with van der Waals surface area (Å²) in [6.45, 7) is 8.25. The molecule has 0 saturated carbocycles. The van der Waals surface area contributed by atoms with Crippen LogP contribution < -0.4 is 0 Å². The molecule has 0 aliphatic heterocycles. The second-order valence-corrected chi connectivity index (χ2v) is 5.00. The molecule has 13 heavy (non-hydrogen) atoms. The molecule has 0 saturated heterocycles. The fourth-order valence-corrected chi connectivity index (χ4v) is 1.32. The van der Waals surface area contributed by atoms with Gasteiger partial charge in [-0.25, -0.2) is 0 Å². The normalized spacial score (nSPS) is 11.5. The van der Waals surface area contributed by atoms with E-state index in [2.05, 4.69) is 38.1 Å². The van der Waals surface area contributed by atoms with Gasteiger partial charge in [-0.2, -0.15) is 0 Å². The summed E-state index contributed by atoms with van der Waals surface area (Å²) in [5.41, 5.74) is 2.44. The Hall–Kier alpha value is -0.620. The Bertz CT molecular complexity index is 281. The smallest absolute Gasteiger partial charge is 0.113 e. The van der Waals surface area contributed by atoms with Gasteiger partial charge in [0.05, 0.1) is 10.9 Å². The molecule has 0 radical (unpaired) electrons. The first-order valence-corrected chi connectivity index (χ1v) is 4.89. The van der Waals surface area contributed by atoms with Gasteiger partial charge < -0.3 is 0 Å². The highest BCUT2D eigenvalue weighted by Gasteiger charge is 2.20. The molecule has 0 fully saturated rings. The van der Waals surface area contributed by atoms with Gasteiger partial charge in [0.25, 0.3) is 0 Å². The van der Waals surface area contributed by atoms with Crippen LogP contribution >= 0.6 is 11.6 Å². The van der Waals surface area contributed by atoms with Crippen LogP contribution in [0, 0.1) is 5.92 Å². The Morgan fingerprint density at radius 1 is 1.23 bits per heavy atom. The van der Waals surface area contributed by atoms with E-state index in [4.69, 9.17) is 11.6 Å². The van der Waals surface area contributed by atoms with E-state index in [1.165, 1.54) is 17.0 Å². The molecule has 0 aliphatic rings. The first kappa shape index (κ1) is 10.5. The van der Waals surface area contributed by atoms with E-state index < -0.39 is 0 Å². The van der Waals surface area contributed by atoms with Crippen molar-refractivity contribution in [2.45, 2.75) is 32.6 Å². The zero-order valence-electron chi connectivity index (χ0n) is 8.69. The lowest BCUT2D eigenvalue weighted by Gasteiger charge is -2.14. The topological polar surface area (TPSA) is 0 Å². The Kier molecular flexibility index (Phi) is 2.92. The van der Waals surface area contributed by atoms with Crippen LogP contribution in [0.1, 0.15) is 38.8 Å². The van der Waals surface area contributed by atoms with E-state index in [1.807, 2.05) is 13.8 Å². The van der Waals surface area contributed by atoms with Crippen LogP contribution in [0.4, 0.5) is 0 Å². The molecule has 70 valence electrons. The zero-order valence-corrected chi connectivity index (χ0v) is 9.44. The maximum atomic E-state index is 6.23. The first-order chi connectivity index (χ1) is 5.91. The third kappa shape index (κ3) is 2.67. The Balaban J connectivity index is 3.06. The van der Waals surface area contributed by atoms with E-state index in [9.17, 15) is 0 Å². The SMILES string of the molecule is C[C+](C)c1cccc(C(C)(C)Cl)c1. The van der Waals surface area contributed by atoms with Crippen molar-refractivity contribution in [3.05, 3.63) is 41.3 Å². The van der Waals surface area contributed by atoms with Crippen molar-refractivity contribution in [1.29, 1.82) is 0 Å². The van der Waals surface area contributed by atoms with Gasteiger partial charge in [-0.05, 0) is 26.0 Å². The summed E-state index contributed by atoms with van der Waals surface area (Å²) in [6.07, 6.45) is 0. The molecule has 0 amide bonds. The monoisotopic (exact) mass is 195 g/mol. The van der Waals surface area contributed by atoms with Crippen molar-refractivity contribution in [1.82, 2.24) is 0 Å². The average molecular weight is 196 g/mol. The van der Waals surface area contributed by atoms with Crippen molar-refractivity contribution in [3.63, 3.8) is 0 Å². The van der Waals surface area contributed by atoms with Gasteiger partial charge in [-0.15, -0.1) is 11.6 Å². The molecule has 0 spiro atoms. The number of halogens is 1. The number of rotatable bonds is 2. The maximum Gasteiger partial charge on any atom is 0.132 e. The first-order valence-electron chi connectivity index (χ1n) is 4.51. The average Bonchev–Trinajstić information content (AvgIpc) is 2.03. The lowest BCUT2D eigenvalue weighted by molar-refractivity contribution is 0.764. The Morgan fingerprint density at radius 3 is 2.31 bits per heavy atom. The van der Waals surface area contributed by atoms with Crippen LogP contribution in [0.3, 0.4) is 0 Å². The standard InChI is InChI=1S/C12H16Cl/c1-9(2)10-6-5-7-11(8-10)12(3,4)13/h5-8H,1-4H3/q+1. The van der Waals surface area contributed by atoms with Crippen molar-refractivity contribution >= 4 is 11.6 Å². The van der Waals surface area contributed by atoms with Gasteiger partial charge in [0.2, 0.25) is 0 Å². The predicted octanol–water partition coefficient (Wildman–Crippen LogP) is 4.12. The van der Waals surface area contributed by atoms with E-state index in [1.54, 1.807) is 0 Å². The van der Waals surface area contributed by atoms with Crippen LogP contribution in [0.25, 0.3) is 0 Å². The molecule has 1 rings (SSSR count). The van der Waals surface area contributed by atoms with Crippen molar-refractivity contribution in [2.24, 2.45) is 0 Å². The lowest BCUT2D eigenvalue weighted by Crippen LogP contribution is -2.07. The number of hydrogen-bond acceptors (Lipinski definition) is 0. The third-order valence-corrected chi connectivity index (χ3v) is 2.34. The van der Waals surface area contributed by atoms with Crippen LogP contribution in [-0.2, 0) is 4.87 Å². The molecular formula is C12H16Cl+. The molecule has 1 aromatic carbocycles. The van der Waals surface area contributed by atoms with E-state index >= 15 is 0 Å². The molecular weight excluding hydrogens is 180 g/mol. The second-order valence-electron chi connectivity index (χ2n) is 4.05. The molecule has 1 heteroatoms. The quantitative estimate of drug-likeness (QED) is 0.492. The minimum absolute atomic E-state index is 0.272. The largest absolute Gasteiger partial charge is 0.132 e. The van der Waals surface area contributed by atoms with E-state index in [0.29, 0.717) is 0 Å². The minimum Gasteiger partial charge on any atom is -0.113 e. The lowest BCUT2D eigenvalue weighted by atomic mass is 9.95. The molecule has 0 bridgehead atoms. The molecule has 0 aromatic heterocycles. The number of benzene rings is 1. The highest BCUT2D eigenvalue weighted by Crippen LogP contribution is 2.29. The van der Waals surface area contributed by atoms with Crippen LogP contribution in [0.2, 0.25) is 0 Å². The minimum atomic E-state index is -0.272. The van der Waals surface area contributed by atoms with Gasteiger partial charge in [-0.3, -0.25) is 0 Å². The molecule has 1 aromatic rings. The van der Waals surface area contributed by atoms with Gasteiger partial charge in [-0.1, -0.05) is 0 Å². The molecule has 0 atom stereocenters. The summed E-state index contributed by atoms with van der Waals surface area (Å²) in [5, 5.41) is 0. The highest BCUT2D eigenvalue weighted by molar-refractivity contribution is 6.23. The van der Waals surface area contributed by atoms with Crippen molar-refractivity contribution in [3.8, 4) is 0 Å². The summed E-state index contributed by atoms with van der Waals surface area (Å²) in [4.78, 5) is -0.272. The van der Waals surface area contributed by atoms with Gasteiger partial charge in [0.1, 0.15) is 5.56 Å². The molecule has 0 heterocycles. The summed E-state index contributed by atoms with van der Waals surface area (Å²) in [6, 6.07) is 8.39. The summed E-state index contributed by atoms with van der Waals surface area (Å²) < 4.78 is 0. The Morgan fingerprint density at radius 2 is 1.85 bits per heavy atom. The van der Waals surface area contributed by atoms with Gasteiger partial charge in [0.15, 0.2) is 0 Å². The van der Waals surface area contributed by atoms with E-state index in [-0.39, 0.29) is 4.87 Å². The third-order valence-electron chi connectivity index (χ3n) is 2.13. The fraction of sp³-hybridized carbons (Fsp3) is 0.417. The zero-order chi connectivity index (χ0) is 10.1.